The molecule has 84 valence electrons. The van der Waals surface area contributed by atoms with Gasteiger partial charge in [-0.3, -0.25) is 0 Å². The quantitative estimate of drug-likeness (QED) is 0.801. The van der Waals surface area contributed by atoms with E-state index in [2.05, 4.69) is 9.97 Å². The molecular formula is C9H13ClFN3O. The van der Waals surface area contributed by atoms with Gasteiger partial charge in [0.05, 0.1) is 12.8 Å². The molecule has 4 nitrogen and oxygen atoms in total. The average molecular weight is 234 g/mol. The lowest BCUT2D eigenvalue weighted by Gasteiger charge is -2.27. The van der Waals surface area contributed by atoms with Crippen LogP contribution >= 0.6 is 11.6 Å². The van der Waals surface area contributed by atoms with E-state index in [1.54, 1.807) is 4.90 Å². The average Bonchev–Trinajstić information content (AvgIpc) is 2.18. The van der Waals surface area contributed by atoms with Gasteiger partial charge in [0.1, 0.15) is 0 Å². The van der Waals surface area contributed by atoms with Crippen molar-refractivity contribution >= 4 is 17.4 Å². The predicted molar refractivity (Wildman–Crippen MR) is 56.6 cm³/mol. The fraction of sp³-hybridized carbons (Fsp3) is 0.556. The molecule has 0 aliphatic heterocycles. The zero-order chi connectivity index (χ0) is 11.4. The maximum absolute atomic E-state index is 13.4. The second-order valence-electron chi connectivity index (χ2n) is 3.32. The third kappa shape index (κ3) is 3.00. The summed E-state index contributed by atoms with van der Waals surface area (Å²) in [5.74, 6) is -0.416. The number of halogens is 2. The lowest BCUT2D eigenvalue weighted by Crippen LogP contribution is -2.35. The van der Waals surface area contributed by atoms with Gasteiger partial charge < -0.3 is 10.0 Å². The molecule has 0 aliphatic carbocycles. The summed E-state index contributed by atoms with van der Waals surface area (Å²) >= 11 is 5.59. The van der Waals surface area contributed by atoms with Crippen molar-refractivity contribution in [2.75, 3.05) is 18.1 Å². The molecule has 0 atom stereocenters. The van der Waals surface area contributed by atoms with Crippen LogP contribution in [0.5, 0.6) is 0 Å². The Kier molecular flexibility index (Phi) is 4.23. The lowest BCUT2D eigenvalue weighted by atomic mass is 10.3. The minimum absolute atomic E-state index is 0.00464. The Hall–Kier alpha value is -0.940. The molecule has 0 amide bonds. The van der Waals surface area contributed by atoms with Gasteiger partial charge in [-0.1, -0.05) is 0 Å². The van der Waals surface area contributed by atoms with E-state index in [0.717, 1.165) is 6.20 Å². The molecule has 1 heterocycles. The van der Waals surface area contributed by atoms with Gasteiger partial charge in [-0.15, -0.1) is 0 Å². The summed E-state index contributed by atoms with van der Waals surface area (Å²) in [4.78, 5) is 8.97. The summed E-state index contributed by atoms with van der Waals surface area (Å²) in [7, 11) is 0. The summed E-state index contributed by atoms with van der Waals surface area (Å²) in [6, 6.07) is 0.0256. The number of hydrogen-bond acceptors (Lipinski definition) is 4. The number of aliphatic hydroxyl groups is 1. The normalized spacial score (nSPS) is 10.8. The van der Waals surface area contributed by atoms with E-state index < -0.39 is 5.82 Å². The Labute approximate surface area is 92.7 Å². The Bertz CT molecular complexity index is 335. The minimum atomic E-state index is -0.540. The van der Waals surface area contributed by atoms with Crippen molar-refractivity contribution in [2.45, 2.75) is 19.9 Å². The number of rotatable bonds is 4. The summed E-state index contributed by atoms with van der Waals surface area (Å²) in [5, 5.41) is 8.86. The maximum atomic E-state index is 13.4. The van der Waals surface area contributed by atoms with Crippen LogP contribution < -0.4 is 4.90 Å². The standard InChI is InChI=1S/C9H13ClFN3O/c1-6(2)14(3-4-15)8-7(11)5-12-9(10)13-8/h5-6,15H,3-4H2,1-2H3. The summed E-state index contributed by atoms with van der Waals surface area (Å²) in [6.07, 6.45) is 1.03. The van der Waals surface area contributed by atoms with Crippen LogP contribution in [-0.4, -0.2) is 34.3 Å². The van der Waals surface area contributed by atoms with Gasteiger partial charge in [0.2, 0.25) is 5.28 Å². The lowest BCUT2D eigenvalue weighted by molar-refractivity contribution is 0.298. The molecule has 6 heteroatoms. The minimum Gasteiger partial charge on any atom is -0.395 e. The zero-order valence-corrected chi connectivity index (χ0v) is 9.37. The Morgan fingerprint density at radius 3 is 2.80 bits per heavy atom. The molecular weight excluding hydrogens is 221 g/mol. The molecule has 1 N–H and O–H groups in total. The summed E-state index contributed by atoms with van der Waals surface area (Å²) < 4.78 is 13.4. The maximum Gasteiger partial charge on any atom is 0.224 e. The highest BCUT2D eigenvalue weighted by molar-refractivity contribution is 6.28. The van der Waals surface area contributed by atoms with E-state index in [4.69, 9.17) is 16.7 Å². The molecule has 0 aliphatic rings. The van der Waals surface area contributed by atoms with Crippen LogP contribution in [-0.2, 0) is 0 Å². The van der Waals surface area contributed by atoms with Gasteiger partial charge in [-0.2, -0.15) is 4.98 Å². The highest BCUT2D eigenvalue weighted by Crippen LogP contribution is 2.19. The third-order valence-electron chi connectivity index (χ3n) is 1.93. The third-order valence-corrected chi connectivity index (χ3v) is 2.11. The van der Waals surface area contributed by atoms with Gasteiger partial charge in [0, 0.05) is 12.6 Å². The van der Waals surface area contributed by atoms with Gasteiger partial charge >= 0.3 is 0 Å². The van der Waals surface area contributed by atoms with Crippen molar-refractivity contribution in [2.24, 2.45) is 0 Å². The first-order valence-corrected chi connectivity index (χ1v) is 4.99. The van der Waals surface area contributed by atoms with Gasteiger partial charge in [0.25, 0.3) is 0 Å². The van der Waals surface area contributed by atoms with Gasteiger partial charge in [-0.05, 0) is 25.4 Å². The summed E-state index contributed by atoms with van der Waals surface area (Å²) in [6.45, 7) is 4.00. The van der Waals surface area contributed by atoms with Crippen LogP contribution in [0.2, 0.25) is 5.28 Å². The smallest absolute Gasteiger partial charge is 0.224 e. The van der Waals surface area contributed by atoms with Crippen molar-refractivity contribution in [1.29, 1.82) is 0 Å². The fourth-order valence-corrected chi connectivity index (χ4v) is 1.38. The topological polar surface area (TPSA) is 49.2 Å². The Morgan fingerprint density at radius 2 is 2.27 bits per heavy atom. The Morgan fingerprint density at radius 1 is 1.60 bits per heavy atom. The Balaban J connectivity index is 3.04. The zero-order valence-electron chi connectivity index (χ0n) is 8.61. The van der Waals surface area contributed by atoms with E-state index in [-0.39, 0.29) is 23.8 Å². The number of hydrogen-bond donors (Lipinski definition) is 1. The van der Waals surface area contributed by atoms with Gasteiger partial charge in [-0.25, -0.2) is 9.37 Å². The van der Waals surface area contributed by atoms with Crippen LogP contribution in [0.25, 0.3) is 0 Å². The number of anilines is 1. The van der Waals surface area contributed by atoms with Crippen molar-refractivity contribution in [3.63, 3.8) is 0 Å². The van der Waals surface area contributed by atoms with E-state index in [1.165, 1.54) is 0 Å². The first-order chi connectivity index (χ1) is 7.06. The molecule has 1 aromatic heterocycles. The van der Waals surface area contributed by atoms with Crippen LogP contribution in [0.4, 0.5) is 10.2 Å². The van der Waals surface area contributed by atoms with E-state index in [0.29, 0.717) is 6.54 Å². The van der Waals surface area contributed by atoms with Crippen molar-refractivity contribution in [1.82, 2.24) is 9.97 Å². The van der Waals surface area contributed by atoms with Crippen LogP contribution in [0.15, 0.2) is 6.20 Å². The van der Waals surface area contributed by atoms with Gasteiger partial charge in [0.15, 0.2) is 11.6 Å². The SMILES string of the molecule is CC(C)N(CCO)c1nc(Cl)ncc1F. The molecule has 0 spiro atoms. The molecule has 0 bridgehead atoms. The van der Waals surface area contributed by atoms with Crippen molar-refractivity contribution in [3.05, 3.63) is 17.3 Å². The fourth-order valence-electron chi connectivity index (χ4n) is 1.26. The molecule has 0 unspecified atom stereocenters. The highest BCUT2D eigenvalue weighted by atomic mass is 35.5. The number of aromatic nitrogens is 2. The molecule has 15 heavy (non-hydrogen) atoms. The largest absolute Gasteiger partial charge is 0.395 e. The van der Waals surface area contributed by atoms with Crippen LogP contribution in [0.3, 0.4) is 0 Å². The highest BCUT2D eigenvalue weighted by Gasteiger charge is 2.16. The summed E-state index contributed by atoms with van der Waals surface area (Å²) in [5.41, 5.74) is 0. The monoisotopic (exact) mass is 233 g/mol. The molecule has 1 aromatic rings. The first-order valence-electron chi connectivity index (χ1n) is 4.61. The van der Waals surface area contributed by atoms with E-state index in [1.807, 2.05) is 13.8 Å². The molecule has 0 saturated heterocycles. The first kappa shape index (κ1) is 12.1. The predicted octanol–water partition coefficient (Wildman–Crippen LogP) is 1.48. The second-order valence-corrected chi connectivity index (χ2v) is 3.66. The van der Waals surface area contributed by atoms with Crippen molar-refractivity contribution < 1.29 is 9.50 Å². The molecule has 1 rings (SSSR count). The number of nitrogens with zero attached hydrogens (tertiary/aromatic N) is 3. The molecule has 0 saturated carbocycles. The van der Waals surface area contributed by atoms with Crippen molar-refractivity contribution in [3.8, 4) is 0 Å². The van der Waals surface area contributed by atoms with E-state index in [9.17, 15) is 4.39 Å². The van der Waals surface area contributed by atoms with Crippen LogP contribution in [0.1, 0.15) is 13.8 Å². The molecule has 0 aromatic carbocycles. The second kappa shape index (κ2) is 5.23. The molecule has 0 radical (unpaired) electrons. The molecule has 0 fully saturated rings. The number of aliphatic hydroxyl groups excluding tert-OH is 1. The van der Waals surface area contributed by atoms with Crippen LogP contribution in [0, 0.1) is 5.82 Å². The van der Waals surface area contributed by atoms with E-state index >= 15 is 0 Å².